The van der Waals surface area contributed by atoms with Gasteiger partial charge in [-0.2, -0.15) is 0 Å². The number of aromatic nitrogens is 1. The van der Waals surface area contributed by atoms with Crippen molar-refractivity contribution in [2.75, 3.05) is 5.32 Å². The number of anilines is 2. The van der Waals surface area contributed by atoms with Crippen LogP contribution < -0.4 is 5.32 Å². The molecule has 0 spiro atoms. The van der Waals surface area contributed by atoms with E-state index in [4.69, 9.17) is 11.6 Å². The average molecular weight is 298 g/mol. The van der Waals surface area contributed by atoms with Crippen LogP contribution in [0, 0.1) is 6.92 Å². The summed E-state index contributed by atoms with van der Waals surface area (Å²) < 4.78 is 1.000. The van der Waals surface area contributed by atoms with Crippen LogP contribution in [0.3, 0.4) is 0 Å². The fourth-order valence-electron chi connectivity index (χ4n) is 1.35. The van der Waals surface area contributed by atoms with Crippen LogP contribution >= 0.6 is 27.5 Å². The number of aryl methyl sites for hydroxylation is 1. The molecular weight excluding hydrogens is 288 g/mol. The molecule has 0 aliphatic heterocycles. The number of nitrogens with one attached hydrogen (secondary N) is 1. The summed E-state index contributed by atoms with van der Waals surface area (Å²) in [6, 6.07) is 11.6. The van der Waals surface area contributed by atoms with Crippen molar-refractivity contribution in [3.8, 4) is 0 Å². The van der Waals surface area contributed by atoms with Crippen molar-refractivity contribution in [3.05, 3.63) is 51.6 Å². The second-order valence-corrected chi connectivity index (χ2v) is 4.70. The molecule has 0 atom stereocenters. The molecule has 0 unspecified atom stereocenters. The van der Waals surface area contributed by atoms with Gasteiger partial charge in [-0.25, -0.2) is 4.98 Å². The fourth-order valence-corrected chi connectivity index (χ4v) is 1.86. The maximum absolute atomic E-state index is 5.82. The molecule has 2 rings (SSSR count). The Morgan fingerprint density at radius 3 is 2.81 bits per heavy atom. The maximum atomic E-state index is 5.82. The van der Waals surface area contributed by atoms with E-state index < -0.39 is 0 Å². The van der Waals surface area contributed by atoms with Gasteiger partial charge < -0.3 is 5.32 Å². The topological polar surface area (TPSA) is 24.9 Å². The molecule has 82 valence electrons. The highest BCUT2D eigenvalue weighted by Crippen LogP contribution is 2.26. The molecule has 0 radical (unpaired) electrons. The molecule has 0 bridgehead atoms. The summed E-state index contributed by atoms with van der Waals surface area (Å²) >= 11 is 9.30. The molecule has 4 heteroatoms. The van der Waals surface area contributed by atoms with Gasteiger partial charge >= 0.3 is 0 Å². The van der Waals surface area contributed by atoms with Crippen LogP contribution in [0.15, 0.2) is 40.9 Å². The minimum atomic E-state index is 0.480. The predicted molar refractivity (Wildman–Crippen MR) is 71.4 cm³/mol. The standard InChI is InChI=1S/C12H10BrClN2/c1-8-5-6-9(13)10(7-8)15-12-4-2-3-11(14)16-12/h2-7H,1H3,(H,15,16). The lowest BCUT2D eigenvalue weighted by molar-refractivity contribution is 1.30. The summed E-state index contributed by atoms with van der Waals surface area (Å²) in [6.45, 7) is 2.04. The zero-order valence-corrected chi connectivity index (χ0v) is 11.0. The van der Waals surface area contributed by atoms with E-state index in [9.17, 15) is 0 Å². The summed E-state index contributed by atoms with van der Waals surface area (Å²) in [5, 5.41) is 3.69. The van der Waals surface area contributed by atoms with E-state index in [0.717, 1.165) is 16.0 Å². The van der Waals surface area contributed by atoms with Crippen LogP contribution in [0.25, 0.3) is 0 Å². The fraction of sp³-hybridized carbons (Fsp3) is 0.0833. The molecule has 0 aliphatic rings. The van der Waals surface area contributed by atoms with Crippen molar-refractivity contribution in [1.82, 2.24) is 4.98 Å². The molecule has 2 aromatic rings. The van der Waals surface area contributed by atoms with Gasteiger partial charge in [0.05, 0.1) is 5.69 Å². The molecule has 0 saturated carbocycles. The Morgan fingerprint density at radius 1 is 1.25 bits per heavy atom. The zero-order chi connectivity index (χ0) is 11.5. The largest absolute Gasteiger partial charge is 0.339 e. The van der Waals surface area contributed by atoms with E-state index >= 15 is 0 Å². The monoisotopic (exact) mass is 296 g/mol. The van der Waals surface area contributed by atoms with Crippen LogP contribution in [0.1, 0.15) is 5.56 Å². The SMILES string of the molecule is Cc1ccc(Br)c(Nc2cccc(Cl)n2)c1. The van der Waals surface area contributed by atoms with Crippen molar-refractivity contribution in [2.24, 2.45) is 0 Å². The van der Waals surface area contributed by atoms with Crippen molar-refractivity contribution in [1.29, 1.82) is 0 Å². The molecule has 0 saturated heterocycles. The van der Waals surface area contributed by atoms with Gasteiger partial charge in [-0.3, -0.25) is 0 Å². The van der Waals surface area contributed by atoms with Crippen molar-refractivity contribution in [3.63, 3.8) is 0 Å². The highest BCUT2D eigenvalue weighted by atomic mass is 79.9. The molecule has 1 N–H and O–H groups in total. The van der Waals surface area contributed by atoms with Gasteiger partial charge in [0, 0.05) is 4.47 Å². The Kier molecular flexibility index (Phi) is 3.46. The minimum Gasteiger partial charge on any atom is -0.339 e. The molecule has 1 aromatic carbocycles. The first-order chi connectivity index (χ1) is 7.65. The van der Waals surface area contributed by atoms with Gasteiger partial charge in [0.25, 0.3) is 0 Å². The van der Waals surface area contributed by atoms with Crippen molar-refractivity contribution >= 4 is 39.0 Å². The second kappa shape index (κ2) is 4.85. The van der Waals surface area contributed by atoms with Crippen LogP contribution in [-0.2, 0) is 0 Å². The van der Waals surface area contributed by atoms with Crippen LogP contribution in [0.4, 0.5) is 11.5 Å². The van der Waals surface area contributed by atoms with Gasteiger partial charge in [0.15, 0.2) is 0 Å². The number of rotatable bonds is 2. The van der Waals surface area contributed by atoms with Gasteiger partial charge in [-0.05, 0) is 52.7 Å². The van der Waals surface area contributed by atoms with E-state index in [-0.39, 0.29) is 0 Å². The minimum absolute atomic E-state index is 0.480. The Hall–Kier alpha value is -1.06. The first kappa shape index (κ1) is 11.4. The van der Waals surface area contributed by atoms with Crippen LogP contribution in [-0.4, -0.2) is 4.98 Å². The average Bonchev–Trinajstić information content (AvgIpc) is 2.24. The Morgan fingerprint density at radius 2 is 2.06 bits per heavy atom. The van der Waals surface area contributed by atoms with Gasteiger partial charge in [0.1, 0.15) is 11.0 Å². The smallest absolute Gasteiger partial charge is 0.132 e. The second-order valence-electron chi connectivity index (χ2n) is 3.45. The molecule has 0 fully saturated rings. The lowest BCUT2D eigenvalue weighted by Crippen LogP contribution is -1.94. The van der Waals surface area contributed by atoms with Crippen molar-refractivity contribution in [2.45, 2.75) is 6.92 Å². The Bertz CT molecular complexity index is 514. The maximum Gasteiger partial charge on any atom is 0.132 e. The Balaban J connectivity index is 2.30. The van der Waals surface area contributed by atoms with E-state index in [2.05, 4.69) is 26.2 Å². The summed E-state index contributed by atoms with van der Waals surface area (Å²) in [4.78, 5) is 4.17. The molecule has 0 amide bonds. The summed E-state index contributed by atoms with van der Waals surface area (Å²) in [7, 11) is 0. The first-order valence-corrected chi connectivity index (χ1v) is 5.98. The molecule has 16 heavy (non-hydrogen) atoms. The van der Waals surface area contributed by atoms with Gasteiger partial charge in [-0.1, -0.05) is 23.7 Å². The third kappa shape index (κ3) is 2.74. The number of pyridine rings is 1. The number of halogens is 2. The normalized spacial score (nSPS) is 10.2. The molecule has 1 aromatic heterocycles. The van der Waals surface area contributed by atoms with Crippen molar-refractivity contribution < 1.29 is 0 Å². The van der Waals surface area contributed by atoms with E-state index in [1.807, 2.05) is 37.3 Å². The highest BCUT2D eigenvalue weighted by Gasteiger charge is 2.01. The summed E-state index contributed by atoms with van der Waals surface area (Å²) in [5.74, 6) is 0.735. The van der Waals surface area contributed by atoms with E-state index in [1.165, 1.54) is 5.56 Å². The van der Waals surface area contributed by atoms with Crippen LogP contribution in [0.2, 0.25) is 5.15 Å². The highest BCUT2D eigenvalue weighted by molar-refractivity contribution is 9.10. The number of nitrogens with zero attached hydrogens (tertiary/aromatic N) is 1. The lowest BCUT2D eigenvalue weighted by atomic mass is 10.2. The number of benzene rings is 1. The number of hydrogen-bond acceptors (Lipinski definition) is 2. The predicted octanol–water partition coefficient (Wildman–Crippen LogP) is 4.55. The third-order valence-corrected chi connectivity index (χ3v) is 3.00. The van der Waals surface area contributed by atoms with Gasteiger partial charge in [0.2, 0.25) is 0 Å². The lowest BCUT2D eigenvalue weighted by Gasteiger charge is -2.08. The first-order valence-electron chi connectivity index (χ1n) is 4.81. The third-order valence-electron chi connectivity index (χ3n) is 2.10. The summed E-state index contributed by atoms with van der Waals surface area (Å²) in [6.07, 6.45) is 0. The van der Waals surface area contributed by atoms with E-state index in [1.54, 1.807) is 6.07 Å². The quantitative estimate of drug-likeness (QED) is 0.823. The Labute approximate surface area is 108 Å². The molecule has 1 heterocycles. The van der Waals surface area contributed by atoms with E-state index in [0.29, 0.717) is 5.15 Å². The van der Waals surface area contributed by atoms with Gasteiger partial charge in [-0.15, -0.1) is 0 Å². The number of hydrogen-bond donors (Lipinski definition) is 1. The van der Waals surface area contributed by atoms with Crippen LogP contribution in [0.5, 0.6) is 0 Å². The summed E-state index contributed by atoms with van der Waals surface area (Å²) in [5.41, 5.74) is 2.17. The molecule has 2 nitrogen and oxygen atoms in total. The zero-order valence-electron chi connectivity index (χ0n) is 8.67. The molecular formula is C12H10BrClN2. The molecule has 0 aliphatic carbocycles.